The number of carbonyl (C=O) groups is 5. The lowest BCUT2D eigenvalue weighted by Crippen LogP contribution is -2.61. The van der Waals surface area contributed by atoms with Gasteiger partial charge in [-0.25, -0.2) is 0 Å². The standard InChI is InChI=1S/C21H36N4O9/c1-8(2)6-12(16(29)17-13(7-26)34-17)23-20(32)14(10(4)27)25-21(33)15(11(5)28)24-19(31)9(3)18(22)30/h8-15,17,26-28H,6-7H2,1-5H3,(H2,22,30)(H,23,32)(H,24,31)(H,25,33)/t9-,10-,11-,12?,13?,14+,15+,17?/m1/s1. The highest BCUT2D eigenvalue weighted by molar-refractivity contribution is 6.01. The zero-order valence-corrected chi connectivity index (χ0v) is 20.0. The van der Waals surface area contributed by atoms with Gasteiger partial charge in [0.25, 0.3) is 0 Å². The van der Waals surface area contributed by atoms with Gasteiger partial charge in [0, 0.05) is 0 Å². The predicted octanol–water partition coefficient (Wildman–Crippen LogP) is -3.30. The number of amides is 4. The van der Waals surface area contributed by atoms with Gasteiger partial charge in [0.05, 0.1) is 24.9 Å². The van der Waals surface area contributed by atoms with E-state index < -0.39 is 77.9 Å². The lowest BCUT2D eigenvalue weighted by Gasteiger charge is -2.28. The van der Waals surface area contributed by atoms with Gasteiger partial charge in [-0.05, 0) is 33.1 Å². The molecule has 0 aromatic rings. The first-order valence-electron chi connectivity index (χ1n) is 11.1. The molecule has 0 aromatic carbocycles. The number of nitrogens with one attached hydrogen (secondary N) is 3. The van der Waals surface area contributed by atoms with Gasteiger partial charge < -0.3 is 41.7 Å². The first kappa shape index (κ1) is 29.4. The van der Waals surface area contributed by atoms with E-state index in [1.54, 1.807) is 0 Å². The van der Waals surface area contributed by atoms with Crippen LogP contribution < -0.4 is 21.7 Å². The Balaban J connectivity index is 2.95. The van der Waals surface area contributed by atoms with Gasteiger partial charge in [-0.2, -0.15) is 0 Å². The summed E-state index contributed by atoms with van der Waals surface area (Å²) in [6.07, 6.45) is -4.06. The van der Waals surface area contributed by atoms with E-state index in [-0.39, 0.29) is 18.9 Å². The minimum atomic E-state index is -1.55. The minimum absolute atomic E-state index is 0.00208. The third kappa shape index (κ3) is 8.31. The van der Waals surface area contributed by atoms with Gasteiger partial charge in [-0.1, -0.05) is 13.8 Å². The molecular weight excluding hydrogens is 452 g/mol. The molecule has 8 N–H and O–H groups in total. The highest BCUT2D eigenvalue weighted by Crippen LogP contribution is 2.25. The molecule has 0 aliphatic carbocycles. The van der Waals surface area contributed by atoms with Gasteiger partial charge in [0.2, 0.25) is 23.6 Å². The normalized spacial score (nSPS) is 22.5. The van der Waals surface area contributed by atoms with E-state index >= 15 is 0 Å². The fraction of sp³-hybridized carbons (Fsp3) is 0.762. The smallest absolute Gasteiger partial charge is 0.245 e. The highest BCUT2D eigenvalue weighted by Gasteiger charge is 2.47. The van der Waals surface area contributed by atoms with Gasteiger partial charge in [-0.15, -0.1) is 0 Å². The molecule has 0 aromatic heterocycles. The number of hydrogen-bond donors (Lipinski definition) is 7. The molecule has 0 spiro atoms. The van der Waals surface area contributed by atoms with Crippen molar-refractivity contribution in [1.82, 2.24) is 16.0 Å². The van der Waals surface area contributed by atoms with Crippen LogP contribution in [0.15, 0.2) is 0 Å². The van der Waals surface area contributed by atoms with E-state index in [0.717, 1.165) is 0 Å². The SMILES string of the molecule is CC(C)CC(NC(=O)[C@@H](NC(=O)[C@@H](NC(=O)[C@H](C)C(N)=O)[C@@H](C)O)[C@@H](C)O)C(=O)C1OC1CO. The number of rotatable bonds is 14. The van der Waals surface area contributed by atoms with Crippen molar-refractivity contribution in [3.05, 3.63) is 0 Å². The van der Waals surface area contributed by atoms with Crippen molar-refractivity contribution in [2.24, 2.45) is 17.6 Å². The third-order valence-electron chi connectivity index (χ3n) is 5.36. The van der Waals surface area contributed by atoms with Crippen molar-refractivity contribution < 1.29 is 44.0 Å². The molecule has 1 rings (SSSR count). The molecule has 4 amide bonds. The van der Waals surface area contributed by atoms with Crippen LogP contribution in [0.5, 0.6) is 0 Å². The predicted molar refractivity (Wildman–Crippen MR) is 118 cm³/mol. The fourth-order valence-electron chi connectivity index (χ4n) is 3.17. The van der Waals surface area contributed by atoms with Gasteiger partial charge in [0.1, 0.15) is 30.2 Å². The first-order chi connectivity index (χ1) is 15.7. The molecule has 34 heavy (non-hydrogen) atoms. The summed E-state index contributed by atoms with van der Waals surface area (Å²) in [7, 11) is 0. The molecule has 194 valence electrons. The minimum Gasteiger partial charge on any atom is -0.394 e. The van der Waals surface area contributed by atoms with Crippen LogP contribution in [0, 0.1) is 11.8 Å². The van der Waals surface area contributed by atoms with Crippen LogP contribution >= 0.6 is 0 Å². The van der Waals surface area contributed by atoms with E-state index in [1.165, 1.54) is 20.8 Å². The van der Waals surface area contributed by atoms with Gasteiger partial charge in [-0.3, -0.25) is 24.0 Å². The molecule has 1 aliphatic heterocycles. The van der Waals surface area contributed by atoms with Crippen molar-refractivity contribution in [3.63, 3.8) is 0 Å². The van der Waals surface area contributed by atoms with Crippen molar-refractivity contribution in [2.45, 2.75) is 83.6 Å². The van der Waals surface area contributed by atoms with Crippen molar-refractivity contribution >= 4 is 29.4 Å². The van der Waals surface area contributed by atoms with Crippen LogP contribution in [0.4, 0.5) is 0 Å². The largest absolute Gasteiger partial charge is 0.394 e. The number of primary amides is 1. The van der Waals surface area contributed by atoms with Crippen LogP contribution in [0.2, 0.25) is 0 Å². The number of ether oxygens (including phenoxy) is 1. The molecule has 0 bridgehead atoms. The summed E-state index contributed by atoms with van der Waals surface area (Å²) in [5.41, 5.74) is 5.07. The van der Waals surface area contributed by atoms with E-state index in [4.69, 9.17) is 15.6 Å². The summed E-state index contributed by atoms with van der Waals surface area (Å²) < 4.78 is 5.10. The summed E-state index contributed by atoms with van der Waals surface area (Å²) in [6.45, 7) is 6.99. The molecule has 13 nitrogen and oxygen atoms in total. The Morgan fingerprint density at radius 3 is 1.71 bits per heavy atom. The van der Waals surface area contributed by atoms with E-state index in [2.05, 4.69) is 16.0 Å². The zero-order chi connectivity index (χ0) is 26.3. The van der Waals surface area contributed by atoms with Gasteiger partial charge >= 0.3 is 0 Å². The fourth-order valence-corrected chi connectivity index (χ4v) is 3.17. The lowest BCUT2D eigenvalue weighted by atomic mass is 9.97. The molecule has 13 heteroatoms. The molecule has 1 saturated heterocycles. The number of aliphatic hydroxyl groups excluding tert-OH is 3. The molecule has 0 radical (unpaired) electrons. The summed E-state index contributed by atoms with van der Waals surface area (Å²) in [5, 5.41) is 36.1. The van der Waals surface area contributed by atoms with E-state index in [0.29, 0.717) is 0 Å². The van der Waals surface area contributed by atoms with Gasteiger partial charge in [0.15, 0.2) is 5.78 Å². The molecular formula is C21H36N4O9. The summed E-state index contributed by atoms with van der Waals surface area (Å²) >= 11 is 0. The number of nitrogens with two attached hydrogens (primary N) is 1. The maximum Gasteiger partial charge on any atom is 0.245 e. The van der Waals surface area contributed by atoms with Crippen LogP contribution in [0.1, 0.15) is 41.0 Å². The number of epoxide rings is 1. The van der Waals surface area contributed by atoms with Crippen LogP contribution in [-0.2, 0) is 28.7 Å². The number of hydrogen-bond acceptors (Lipinski definition) is 9. The Hall–Kier alpha value is -2.61. The topological polar surface area (TPSA) is 221 Å². The Morgan fingerprint density at radius 2 is 1.32 bits per heavy atom. The monoisotopic (exact) mass is 488 g/mol. The Bertz CT molecular complexity index is 771. The zero-order valence-electron chi connectivity index (χ0n) is 20.0. The summed E-state index contributed by atoms with van der Waals surface area (Å²) in [6, 6.07) is -4.08. The second kappa shape index (κ2) is 12.7. The number of aliphatic hydroxyl groups is 3. The molecule has 3 unspecified atom stereocenters. The first-order valence-corrected chi connectivity index (χ1v) is 11.1. The summed E-state index contributed by atoms with van der Waals surface area (Å²) in [4.78, 5) is 61.6. The molecule has 0 saturated carbocycles. The molecule has 8 atom stereocenters. The lowest BCUT2D eigenvalue weighted by molar-refractivity contribution is -0.139. The Labute approximate surface area is 197 Å². The highest BCUT2D eigenvalue weighted by atomic mass is 16.6. The van der Waals surface area contributed by atoms with Crippen molar-refractivity contribution in [1.29, 1.82) is 0 Å². The van der Waals surface area contributed by atoms with Crippen molar-refractivity contribution in [2.75, 3.05) is 6.61 Å². The van der Waals surface area contributed by atoms with Crippen LogP contribution in [0.3, 0.4) is 0 Å². The Kier molecular flexibility index (Phi) is 11.0. The second-order valence-electron chi connectivity index (χ2n) is 8.95. The van der Waals surface area contributed by atoms with Crippen LogP contribution in [-0.4, -0.2) is 93.9 Å². The van der Waals surface area contributed by atoms with Crippen LogP contribution in [0.25, 0.3) is 0 Å². The average Bonchev–Trinajstić information content (AvgIpc) is 3.52. The third-order valence-corrected chi connectivity index (χ3v) is 5.36. The second-order valence-corrected chi connectivity index (χ2v) is 8.95. The molecule has 1 fully saturated rings. The maximum absolute atomic E-state index is 12.9. The van der Waals surface area contributed by atoms with E-state index in [1.807, 2.05) is 13.8 Å². The summed E-state index contributed by atoms with van der Waals surface area (Å²) in [5.74, 6) is -5.43. The average molecular weight is 489 g/mol. The number of carbonyl (C=O) groups excluding carboxylic acids is 5. The number of Topliss-reactive ketones (excluding diaryl/α,β-unsaturated/α-hetero) is 1. The van der Waals surface area contributed by atoms with E-state index in [9.17, 15) is 34.2 Å². The molecule has 1 aliphatic rings. The quantitative estimate of drug-likeness (QED) is 0.0959. The van der Waals surface area contributed by atoms with Crippen molar-refractivity contribution in [3.8, 4) is 0 Å². The molecule has 1 heterocycles. The maximum atomic E-state index is 12.9. The Morgan fingerprint density at radius 1 is 0.853 bits per heavy atom. The number of ketones is 1.